The summed E-state index contributed by atoms with van der Waals surface area (Å²) < 4.78 is 10.9. The number of fused-ring (bicyclic) bond motifs is 1. The maximum absolute atomic E-state index is 12.5. The van der Waals surface area contributed by atoms with E-state index in [0.717, 1.165) is 10.8 Å². The average Bonchev–Trinajstić information content (AvgIpc) is 3.31. The quantitative estimate of drug-likeness (QED) is 0.131. The zero-order valence-corrected chi connectivity index (χ0v) is 18.9. The van der Waals surface area contributed by atoms with Crippen LogP contribution in [0, 0.1) is 5.41 Å². The molecule has 178 valence electrons. The molecule has 0 aliphatic heterocycles. The van der Waals surface area contributed by atoms with Crippen LogP contribution in [-0.2, 0) is 6.54 Å². The zero-order valence-electron chi connectivity index (χ0n) is 18.1. The normalized spacial score (nSPS) is 10.3. The van der Waals surface area contributed by atoms with E-state index in [1.165, 1.54) is 30.3 Å². The highest BCUT2D eigenvalue weighted by atomic mass is 35.5. The van der Waals surface area contributed by atoms with E-state index in [4.69, 9.17) is 25.4 Å². The van der Waals surface area contributed by atoms with Crippen molar-refractivity contribution in [2.45, 2.75) is 6.54 Å². The summed E-state index contributed by atoms with van der Waals surface area (Å²) >= 11 is 0. The molecule has 0 spiro atoms. The number of carboxylic acid groups (broad SMARTS) is 1. The Hall–Kier alpha value is -4.63. The number of esters is 1. The first-order valence-corrected chi connectivity index (χ1v) is 10.1. The van der Waals surface area contributed by atoms with E-state index >= 15 is 0 Å². The van der Waals surface area contributed by atoms with Gasteiger partial charge in [0.25, 0.3) is 5.91 Å². The molecule has 0 aliphatic carbocycles. The second-order valence-corrected chi connectivity index (χ2v) is 7.36. The second-order valence-electron chi connectivity index (χ2n) is 7.36. The molecule has 4 aromatic rings. The molecule has 0 unspecified atom stereocenters. The van der Waals surface area contributed by atoms with E-state index in [1.807, 2.05) is 0 Å². The summed E-state index contributed by atoms with van der Waals surface area (Å²) in [5.74, 6) is -1.57. The number of nitrogens with one attached hydrogen (secondary N) is 2. The van der Waals surface area contributed by atoms with Crippen molar-refractivity contribution >= 4 is 46.9 Å². The fourth-order valence-corrected chi connectivity index (χ4v) is 3.23. The highest BCUT2D eigenvalue weighted by molar-refractivity contribution is 5.99. The van der Waals surface area contributed by atoms with Crippen molar-refractivity contribution in [2.24, 2.45) is 5.73 Å². The molecule has 9 nitrogen and oxygen atoms in total. The molecule has 1 heterocycles. The van der Waals surface area contributed by atoms with Crippen LogP contribution in [-0.4, -0.2) is 28.8 Å². The Labute approximate surface area is 205 Å². The summed E-state index contributed by atoms with van der Waals surface area (Å²) in [6, 6.07) is 18.9. The first-order chi connectivity index (χ1) is 16.3. The molecule has 0 fully saturated rings. The molecule has 0 atom stereocenters. The van der Waals surface area contributed by atoms with Crippen molar-refractivity contribution in [1.82, 2.24) is 5.32 Å². The fourth-order valence-electron chi connectivity index (χ4n) is 3.23. The van der Waals surface area contributed by atoms with E-state index in [9.17, 15) is 14.4 Å². The molecule has 5 N–H and O–H groups in total. The summed E-state index contributed by atoms with van der Waals surface area (Å²) in [5.41, 5.74) is 6.49. The van der Waals surface area contributed by atoms with Gasteiger partial charge in [0.1, 0.15) is 17.3 Å². The minimum atomic E-state index is -1.08. The molecule has 0 radical (unpaired) electrons. The van der Waals surface area contributed by atoms with E-state index in [1.54, 1.807) is 42.5 Å². The van der Waals surface area contributed by atoms with Gasteiger partial charge in [0, 0.05) is 11.1 Å². The standard InChI is InChI=1S/C25H19N3O6.ClH/c26-22(27)18-6-5-17-12-19(8-7-16(17)11-18)34-25(32)21-10-9-20(33-21)13-28-23(29)14-1-3-15(4-2-14)24(30)31;/h1-12H,13H2,(H3,26,27)(H,28,29)(H,30,31);1H. The van der Waals surface area contributed by atoms with Crippen LogP contribution in [0.5, 0.6) is 5.75 Å². The third-order valence-corrected chi connectivity index (χ3v) is 5.01. The first-order valence-electron chi connectivity index (χ1n) is 10.1. The van der Waals surface area contributed by atoms with Crippen LogP contribution < -0.4 is 15.8 Å². The van der Waals surface area contributed by atoms with Gasteiger partial charge in [-0.05, 0) is 65.4 Å². The predicted molar refractivity (Wildman–Crippen MR) is 130 cm³/mol. The minimum absolute atomic E-state index is 0. The Bertz CT molecular complexity index is 1430. The number of nitrogens with two attached hydrogens (primary N) is 1. The highest BCUT2D eigenvalue weighted by Gasteiger charge is 2.15. The monoisotopic (exact) mass is 493 g/mol. The Morgan fingerprint density at radius 3 is 2.20 bits per heavy atom. The van der Waals surface area contributed by atoms with E-state index in [-0.39, 0.29) is 36.1 Å². The van der Waals surface area contributed by atoms with Gasteiger partial charge < -0.3 is 25.3 Å². The number of ether oxygens (including phenoxy) is 1. The van der Waals surface area contributed by atoms with Gasteiger partial charge in [0.15, 0.2) is 0 Å². The van der Waals surface area contributed by atoms with Gasteiger partial charge in [-0.25, -0.2) is 9.59 Å². The molecule has 4 rings (SSSR count). The Kier molecular flexibility index (Phi) is 7.53. The molecule has 1 amide bonds. The number of hydrogen-bond acceptors (Lipinski definition) is 6. The van der Waals surface area contributed by atoms with Crippen molar-refractivity contribution in [3.63, 3.8) is 0 Å². The molecule has 35 heavy (non-hydrogen) atoms. The van der Waals surface area contributed by atoms with Crippen LogP contribution in [0.3, 0.4) is 0 Å². The largest absolute Gasteiger partial charge is 0.478 e. The number of carboxylic acids is 1. The molecule has 10 heteroatoms. The molecular formula is C25H20ClN3O6. The van der Waals surface area contributed by atoms with Crippen molar-refractivity contribution in [3.05, 3.63) is 101 Å². The number of aromatic carboxylic acids is 1. The van der Waals surface area contributed by atoms with E-state index in [0.29, 0.717) is 22.6 Å². The summed E-state index contributed by atoms with van der Waals surface area (Å²) in [6.07, 6.45) is 0. The topological polar surface area (TPSA) is 156 Å². The number of carbonyl (C=O) groups is 3. The van der Waals surface area contributed by atoms with Gasteiger partial charge in [-0.1, -0.05) is 18.2 Å². The molecule has 0 saturated heterocycles. The molecule has 3 aromatic carbocycles. The molecule has 0 bridgehead atoms. The highest BCUT2D eigenvalue weighted by Crippen LogP contribution is 2.23. The minimum Gasteiger partial charge on any atom is -0.478 e. The first kappa shape index (κ1) is 25.0. The van der Waals surface area contributed by atoms with Crippen molar-refractivity contribution in [1.29, 1.82) is 5.41 Å². The number of nitrogen functional groups attached to an aromatic ring is 1. The third kappa shape index (κ3) is 5.84. The van der Waals surface area contributed by atoms with Crippen LogP contribution >= 0.6 is 12.4 Å². The summed E-state index contributed by atoms with van der Waals surface area (Å²) in [7, 11) is 0. The second kappa shape index (κ2) is 10.5. The summed E-state index contributed by atoms with van der Waals surface area (Å²) in [6.45, 7) is 0.0290. The van der Waals surface area contributed by atoms with Crippen LogP contribution in [0.2, 0.25) is 0 Å². The van der Waals surface area contributed by atoms with Crippen molar-refractivity contribution in [3.8, 4) is 5.75 Å². The molecular weight excluding hydrogens is 474 g/mol. The zero-order chi connectivity index (χ0) is 24.2. The van der Waals surface area contributed by atoms with Gasteiger partial charge in [-0.2, -0.15) is 0 Å². The number of amidine groups is 1. The van der Waals surface area contributed by atoms with Gasteiger partial charge in [0.05, 0.1) is 12.1 Å². The van der Waals surface area contributed by atoms with Gasteiger partial charge >= 0.3 is 11.9 Å². The maximum atomic E-state index is 12.5. The number of rotatable bonds is 7. The Morgan fingerprint density at radius 2 is 1.51 bits per heavy atom. The lowest BCUT2D eigenvalue weighted by Crippen LogP contribution is -2.22. The fraction of sp³-hybridized carbons (Fsp3) is 0.0400. The SMILES string of the molecule is Cl.N=C(N)c1ccc2cc(OC(=O)c3ccc(CNC(=O)c4ccc(C(=O)O)cc4)o3)ccc2c1. The lowest BCUT2D eigenvalue weighted by molar-refractivity contribution is 0.0688. The molecule has 1 aromatic heterocycles. The molecule has 0 saturated carbocycles. The predicted octanol–water partition coefficient (Wildman–Crippen LogP) is 3.99. The van der Waals surface area contributed by atoms with Crippen LogP contribution in [0.4, 0.5) is 0 Å². The number of carbonyl (C=O) groups excluding carboxylic acids is 2. The third-order valence-electron chi connectivity index (χ3n) is 5.01. The lowest BCUT2D eigenvalue weighted by Gasteiger charge is -2.06. The maximum Gasteiger partial charge on any atom is 0.379 e. The Balaban J connectivity index is 0.00000342. The van der Waals surface area contributed by atoms with Gasteiger partial charge in [0.2, 0.25) is 5.76 Å². The number of hydrogen-bond donors (Lipinski definition) is 4. The number of furan rings is 1. The summed E-state index contributed by atoms with van der Waals surface area (Å²) in [5, 5.41) is 20.7. The van der Waals surface area contributed by atoms with Gasteiger partial charge in [-0.15, -0.1) is 12.4 Å². The van der Waals surface area contributed by atoms with Crippen molar-refractivity contribution < 1.29 is 28.6 Å². The number of benzene rings is 3. The van der Waals surface area contributed by atoms with Crippen LogP contribution in [0.1, 0.15) is 42.6 Å². The van der Waals surface area contributed by atoms with Crippen molar-refractivity contribution in [2.75, 3.05) is 0 Å². The summed E-state index contributed by atoms with van der Waals surface area (Å²) in [4.78, 5) is 35.6. The smallest absolute Gasteiger partial charge is 0.379 e. The Morgan fingerprint density at radius 1 is 0.886 bits per heavy atom. The molecule has 0 aliphatic rings. The average molecular weight is 494 g/mol. The number of halogens is 1. The lowest BCUT2D eigenvalue weighted by atomic mass is 10.1. The van der Waals surface area contributed by atoms with E-state index < -0.39 is 17.8 Å². The van der Waals surface area contributed by atoms with Gasteiger partial charge in [-0.3, -0.25) is 10.2 Å². The van der Waals surface area contributed by atoms with E-state index in [2.05, 4.69) is 5.32 Å². The van der Waals surface area contributed by atoms with Crippen LogP contribution in [0.15, 0.2) is 77.2 Å². The van der Waals surface area contributed by atoms with Crippen LogP contribution in [0.25, 0.3) is 10.8 Å². The number of amides is 1.